The maximum absolute atomic E-state index is 13.1. The van der Waals surface area contributed by atoms with Gasteiger partial charge in [0.25, 0.3) is 5.91 Å². The molecule has 0 bridgehead atoms. The number of hydrogen-bond donors (Lipinski definition) is 0. The van der Waals surface area contributed by atoms with Crippen molar-refractivity contribution in [2.75, 3.05) is 51.3 Å². The lowest BCUT2D eigenvalue weighted by molar-refractivity contribution is -0.135. The minimum atomic E-state index is -0.259. The molecule has 1 aromatic heterocycles. The van der Waals surface area contributed by atoms with Crippen LogP contribution in [0.25, 0.3) is 6.08 Å². The highest BCUT2D eigenvalue weighted by molar-refractivity contribution is 5.77. The standard InChI is InChI=1S/C27H30FN5O2/c1-31(20-23-9-11-24(28)12-10-23)25-13-14-26(30-29-25)35-21-27(34)33-18-16-32(17-19-33)15-5-8-22-6-3-2-4-7-22/h2-14H,15-21H2,1H3. The molecule has 8 heteroatoms. The number of carbonyl (C=O) groups is 1. The maximum Gasteiger partial charge on any atom is 0.260 e. The lowest BCUT2D eigenvalue weighted by atomic mass is 10.2. The van der Waals surface area contributed by atoms with Gasteiger partial charge in [0.05, 0.1) is 0 Å². The summed E-state index contributed by atoms with van der Waals surface area (Å²) in [5.74, 6) is 0.654. The monoisotopic (exact) mass is 475 g/mol. The molecule has 3 aromatic rings. The number of benzene rings is 2. The minimum absolute atomic E-state index is 0.0521. The first kappa shape index (κ1) is 24.3. The van der Waals surface area contributed by atoms with E-state index in [1.54, 1.807) is 24.3 Å². The van der Waals surface area contributed by atoms with Crippen LogP contribution in [0.1, 0.15) is 11.1 Å². The molecule has 1 saturated heterocycles. The molecule has 0 saturated carbocycles. The zero-order valence-electron chi connectivity index (χ0n) is 19.9. The second-order valence-corrected chi connectivity index (χ2v) is 8.50. The average Bonchev–Trinajstić information content (AvgIpc) is 2.90. The van der Waals surface area contributed by atoms with E-state index in [9.17, 15) is 9.18 Å². The number of nitrogens with zero attached hydrogens (tertiary/aromatic N) is 5. The van der Waals surface area contributed by atoms with E-state index < -0.39 is 0 Å². The van der Waals surface area contributed by atoms with E-state index in [1.807, 2.05) is 35.0 Å². The van der Waals surface area contributed by atoms with Crippen LogP contribution in [0.3, 0.4) is 0 Å². The normalized spacial score (nSPS) is 14.3. The Kier molecular flexibility index (Phi) is 8.40. The maximum atomic E-state index is 13.1. The molecule has 35 heavy (non-hydrogen) atoms. The molecule has 0 aliphatic carbocycles. The molecule has 0 unspecified atom stereocenters. The molecule has 182 valence electrons. The molecule has 0 spiro atoms. The minimum Gasteiger partial charge on any atom is -0.466 e. The number of rotatable bonds is 9. The molecule has 1 amide bonds. The summed E-state index contributed by atoms with van der Waals surface area (Å²) in [6.07, 6.45) is 4.29. The lowest BCUT2D eigenvalue weighted by Crippen LogP contribution is -2.49. The van der Waals surface area contributed by atoms with Gasteiger partial charge in [0.2, 0.25) is 5.88 Å². The van der Waals surface area contributed by atoms with Gasteiger partial charge >= 0.3 is 0 Å². The van der Waals surface area contributed by atoms with Gasteiger partial charge < -0.3 is 14.5 Å². The van der Waals surface area contributed by atoms with Crippen molar-refractivity contribution in [3.8, 4) is 5.88 Å². The highest BCUT2D eigenvalue weighted by Crippen LogP contribution is 2.15. The molecule has 2 heterocycles. The van der Waals surface area contributed by atoms with Crippen molar-refractivity contribution in [1.29, 1.82) is 0 Å². The van der Waals surface area contributed by atoms with Crippen LogP contribution in [0.5, 0.6) is 5.88 Å². The Bertz CT molecular complexity index is 1100. The van der Waals surface area contributed by atoms with Crippen LogP contribution in [0.15, 0.2) is 72.8 Å². The smallest absolute Gasteiger partial charge is 0.260 e. The second kappa shape index (κ2) is 12.1. The fraction of sp³-hybridized carbons (Fsp3) is 0.296. The summed E-state index contributed by atoms with van der Waals surface area (Å²) < 4.78 is 18.7. The van der Waals surface area contributed by atoms with Crippen LogP contribution in [0.4, 0.5) is 10.2 Å². The van der Waals surface area contributed by atoms with Crippen molar-refractivity contribution in [1.82, 2.24) is 20.0 Å². The van der Waals surface area contributed by atoms with Crippen molar-refractivity contribution in [2.24, 2.45) is 0 Å². The number of anilines is 1. The van der Waals surface area contributed by atoms with Crippen LogP contribution in [-0.2, 0) is 11.3 Å². The Morgan fingerprint density at radius 2 is 1.74 bits per heavy atom. The Morgan fingerprint density at radius 1 is 1.00 bits per heavy atom. The van der Waals surface area contributed by atoms with Crippen LogP contribution in [-0.4, -0.2) is 72.3 Å². The van der Waals surface area contributed by atoms with E-state index in [4.69, 9.17) is 4.74 Å². The molecule has 7 nitrogen and oxygen atoms in total. The number of amides is 1. The predicted molar refractivity (Wildman–Crippen MR) is 135 cm³/mol. The molecular formula is C27H30FN5O2. The first-order chi connectivity index (χ1) is 17.1. The molecule has 0 radical (unpaired) electrons. The summed E-state index contributed by atoms with van der Waals surface area (Å²) in [5.41, 5.74) is 2.16. The van der Waals surface area contributed by atoms with Gasteiger partial charge in [-0.15, -0.1) is 10.2 Å². The first-order valence-corrected chi connectivity index (χ1v) is 11.7. The third-order valence-corrected chi connectivity index (χ3v) is 5.89. The van der Waals surface area contributed by atoms with E-state index in [0.717, 1.165) is 25.2 Å². The van der Waals surface area contributed by atoms with Crippen LogP contribution in [0, 0.1) is 5.82 Å². The van der Waals surface area contributed by atoms with Crippen LogP contribution in [0.2, 0.25) is 0 Å². The first-order valence-electron chi connectivity index (χ1n) is 11.7. The molecule has 2 aromatic carbocycles. The Morgan fingerprint density at radius 3 is 2.43 bits per heavy atom. The molecule has 4 rings (SSSR count). The van der Waals surface area contributed by atoms with Gasteiger partial charge in [0.15, 0.2) is 12.4 Å². The Hall–Kier alpha value is -3.78. The molecule has 0 atom stereocenters. The number of halogens is 1. The average molecular weight is 476 g/mol. The summed E-state index contributed by atoms with van der Waals surface area (Å²) in [4.78, 5) is 18.6. The highest BCUT2D eigenvalue weighted by atomic mass is 19.1. The molecular weight excluding hydrogens is 445 g/mol. The number of carbonyl (C=O) groups excluding carboxylic acids is 1. The summed E-state index contributed by atoms with van der Waals surface area (Å²) >= 11 is 0. The number of hydrogen-bond acceptors (Lipinski definition) is 6. The number of piperazine rings is 1. The largest absolute Gasteiger partial charge is 0.466 e. The SMILES string of the molecule is CN(Cc1ccc(F)cc1)c1ccc(OCC(=O)N2CCN(CC=Cc3ccccc3)CC2)nn1. The molecule has 1 aliphatic rings. The summed E-state index contributed by atoms with van der Waals surface area (Å²) in [7, 11) is 1.88. The molecule has 0 N–H and O–H groups in total. The van der Waals surface area contributed by atoms with Crippen molar-refractivity contribution in [3.63, 3.8) is 0 Å². The topological polar surface area (TPSA) is 61.8 Å². The highest BCUT2D eigenvalue weighted by Gasteiger charge is 2.21. The van der Waals surface area contributed by atoms with Gasteiger partial charge in [-0.05, 0) is 29.3 Å². The predicted octanol–water partition coefficient (Wildman–Crippen LogP) is 3.49. The zero-order valence-corrected chi connectivity index (χ0v) is 19.9. The van der Waals surface area contributed by atoms with E-state index in [1.165, 1.54) is 17.7 Å². The summed E-state index contributed by atoms with van der Waals surface area (Å²) in [6.45, 7) is 4.40. The molecule has 1 fully saturated rings. The van der Waals surface area contributed by atoms with Gasteiger partial charge in [-0.2, -0.15) is 0 Å². The van der Waals surface area contributed by atoms with Gasteiger partial charge in [0.1, 0.15) is 5.82 Å². The van der Waals surface area contributed by atoms with E-state index in [2.05, 4.69) is 39.4 Å². The van der Waals surface area contributed by atoms with Crippen molar-refractivity contribution in [3.05, 3.63) is 89.8 Å². The fourth-order valence-electron chi connectivity index (χ4n) is 3.85. The number of ether oxygens (including phenoxy) is 1. The van der Waals surface area contributed by atoms with E-state index in [0.29, 0.717) is 31.3 Å². The quantitative estimate of drug-likeness (QED) is 0.472. The third kappa shape index (κ3) is 7.35. The van der Waals surface area contributed by atoms with Crippen molar-refractivity contribution in [2.45, 2.75) is 6.54 Å². The zero-order chi connectivity index (χ0) is 24.5. The molecule has 1 aliphatic heterocycles. The van der Waals surface area contributed by atoms with Gasteiger partial charge in [-0.3, -0.25) is 9.69 Å². The summed E-state index contributed by atoms with van der Waals surface area (Å²) in [6, 6.07) is 20.1. The van der Waals surface area contributed by atoms with E-state index >= 15 is 0 Å². The second-order valence-electron chi connectivity index (χ2n) is 8.50. The van der Waals surface area contributed by atoms with Crippen molar-refractivity contribution >= 4 is 17.8 Å². The van der Waals surface area contributed by atoms with Gasteiger partial charge in [0, 0.05) is 52.4 Å². The Balaban J connectivity index is 1.17. The van der Waals surface area contributed by atoms with E-state index in [-0.39, 0.29) is 18.3 Å². The summed E-state index contributed by atoms with van der Waals surface area (Å²) in [5, 5.41) is 8.26. The van der Waals surface area contributed by atoms with Crippen LogP contribution >= 0.6 is 0 Å². The van der Waals surface area contributed by atoms with Crippen molar-refractivity contribution < 1.29 is 13.9 Å². The lowest BCUT2D eigenvalue weighted by Gasteiger charge is -2.34. The third-order valence-electron chi connectivity index (χ3n) is 5.89. The van der Waals surface area contributed by atoms with Crippen LogP contribution < -0.4 is 9.64 Å². The van der Waals surface area contributed by atoms with Gasteiger partial charge in [-0.1, -0.05) is 54.6 Å². The fourth-order valence-corrected chi connectivity index (χ4v) is 3.85. The Labute approximate surface area is 205 Å². The van der Waals surface area contributed by atoms with Gasteiger partial charge in [-0.25, -0.2) is 4.39 Å². The number of aromatic nitrogens is 2.